The Morgan fingerprint density at radius 3 is 2.24 bits per heavy atom. The molecule has 0 aliphatic rings. The first-order chi connectivity index (χ1) is 7.94. The molecule has 1 N–H and O–H groups in total. The second-order valence-corrected chi connectivity index (χ2v) is 6.39. The summed E-state index contributed by atoms with van der Waals surface area (Å²) in [5, 5.41) is 0. The van der Waals surface area contributed by atoms with Crippen molar-refractivity contribution in [2.24, 2.45) is 0 Å². The van der Waals surface area contributed by atoms with Gasteiger partial charge in [-0.25, -0.2) is 8.42 Å². The molecule has 1 aromatic carbocycles. The Labute approximate surface area is 104 Å². The van der Waals surface area contributed by atoms with Gasteiger partial charge >= 0.3 is 0 Å². The smallest absolute Gasteiger partial charge is 0.232 e. The number of sulfonamides is 1. The number of hydrogen-bond acceptors (Lipinski definition) is 2. The number of nitrogens with one attached hydrogen (secondary N) is 1. The van der Waals surface area contributed by atoms with E-state index in [1.54, 1.807) is 0 Å². The summed E-state index contributed by atoms with van der Waals surface area (Å²) in [6, 6.07) is 7.56. The molecule has 0 fully saturated rings. The van der Waals surface area contributed by atoms with Crippen molar-refractivity contribution < 1.29 is 8.42 Å². The van der Waals surface area contributed by atoms with E-state index in [0.717, 1.165) is 6.42 Å². The molecule has 0 aromatic heterocycles. The van der Waals surface area contributed by atoms with Gasteiger partial charge in [-0.1, -0.05) is 39.3 Å². The van der Waals surface area contributed by atoms with Crippen LogP contribution in [0.4, 0.5) is 5.69 Å². The zero-order valence-electron chi connectivity index (χ0n) is 10.7. The van der Waals surface area contributed by atoms with Gasteiger partial charge in [0.25, 0.3) is 0 Å². The summed E-state index contributed by atoms with van der Waals surface area (Å²) in [5.41, 5.74) is 1.85. The fraction of sp³-hybridized carbons (Fsp3) is 0.538. The van der Waals surface area contributed by atoms with Crippen molar-refractivity contribution in [3.05, 3.63) is 29.8 Å². The summed E-state index contributed by atoms with van der Waals surface area (Å²) in [4.78, 5) is 0. The SMILES string of the molecule is CCCCS(=O)(=O)Nc1ccc(C(C)C)cc1. The van der Waals surface area contributed by atoms with E-state index in [0.29, 0.717) is 18.0 Å². The second-order valence-electron chi connectivity index (χ2n) is 4.55. The van der Waals surface area contributed by atoms with Gasteiger partial charge in [0.1, 0.15) is 0 Å². The monoisotopic (exact) mass is 255 g/mol. The molecule has 0 amide bonds. The van der Waals surface area contributed by atoms with Gasteiger partial charge in [-0.3, -0.25) is 4.72 Å². The summed E-state index contributed by atoms with van der Waals surface area (Å²) in [6.07, 6.45) is 1.58. The first-order valence-corrected chi connectivity index (χ1v) is 7.70. The normalized spacial score (nSPS) is 11.8. The summed E-state index contributed by atoms with van der Waals surface area (Å²) in [7, 11) is -3.18. The summed E-state index contributed by atoms with van der Waals surface area (Å²) in [6.45, 7) is 6.20. The maximum absolute atomic E-state index is 11.7. The van der Waals surface area contributed by atoms with Crippen LogP contribution in [-0.2, 0) is 10.0 Å². The van der Waals surface area contributed by atoms with Crippen LogP contribution in [0.3, 0.4) is 0 Å². The number of rotatable bonds is 6. The lowest BCUT2D eigenvalue weighted by Crippen LogP contribution is -2.16. The molecular weight excluding hydrogens is 234 g/mol. The van der Waals surface area contributed by atoms with Gasteiger partial charge in [0, 0.05) is 5.69 Å². The molecule has 1 aromatic rings. The van der Waals surface area contributed by atoms with Crippen molar-refractivity contribution >= 4 is 15.7 Å². The molecule has 0 saturated heterocycles. The van der Waals surface area contributed by atoms with E-state index in [1.807, 2.05) is 31.2 Å². The lowest BCUT2D eigenvalue weighted by Gasteiger charge is -2.09. The van der Waals surface area contributed by atoms with Crippen molar-refractivity contribution in [3.8, 4) is 0 Å². The van der Waals surface area contributed by atoms with Crippen LogP contribution >= 0.6 is 0 Å². The van der Waals surface area contributed by atoms with E-state index in [9.17, 15) is 8.42 Å². The highest BCUT2D eigenvalue weighted by molar-refractivity contribution is 7.92. The molecular formula is C13H21NO2S. The fourth-order valence-corrected chi connectivity index (χ4v) is 2.77. The molecule has 0 spiro atoms. The second kappa shape index (κ2) is 6.05. The molecule has 0 atom stereocenters. The van der Waals surface area contributed by atoms with Gasteiger partial charge in [-0.2, -0.15) is 0 Å². The van der Waals surface area contributed by atoms with Crippen LogP contribution in [0, 0.1) is 0 Å². The van der Waals surface area contributed by atoms with Gasteiger partial charge in [-0.05, 0) is 30.0 Å². The van der Waals surface area contributed by atoms with E-state index in [2.05, 4.69) is 18.6 Å². The van der Waals surface area contributed by atoms with Crippen LogP contribution in [-0.4, -0.2) is 14.2 Å². The van der Waals surface area contributed by atoms with Gasteiger partial charge in [0.15, 0.2) is 0 Å². The van der Waals surface area contributed by atoms with E-state index < -0.39 is 10.0 Å². The van der Waals surface area contributed by atoms with Gasteiger partial charge in [-0.15, -0.1) is 0 Å². The molecule has 0 bridgehead atoms. The van der Waals surface area contributed by atoms with Crippen LogP contribution in [0.5, 0.6) is 0 Å². The Hall–Kier alpha value is -1.03. The number of benzene rings is 1. The minimum absolute atomic E-state index is 0.190. The highest BCUT2D eigenvalue weighted by Crippen LogP contribution is 2.18. The third-order valence-corrected chi connectivity index (χ3v) is 3.99. The van der Waals surface area contributed by atoms with Crippen molar-refractivity contribution in [1.82, 2.24) is 0 Å². The molecule has 0 radical (unpaired) electrons. The molecule has 0 heterocycles. The van der Waals surface area contributed by atoms with Gasteiger partial charge in [0.2, 0.25) is 10.0 Å². The molecule has 0 aliphatic heterocycles. The van der Waals surface area contributed by atoms with Crippen LogP contribution < -0.4 is 4.72 Å². The van der Waals surface area contributed by atoms with E-state index in [1.165, 1.54) is 5.56 Å². The van der Waals surface area contributed by atoms with Crippen molar-refractivity contribution in [3.63, 3.8) is 0 Å². The molecule has 3 nitrogen and oxygen atoms in total. The van der Waals surface area contributed by atoms with Crippen molar-refractivity contribution in [2.45, 2.75) is 39.5 Å². The Kier molecular flexibility index (Phi) is 5.00. The maximum atomic E-state index is 11.7. The lowest BCUT2D eigenvalue weighted by atomic mass is 10.0. The maximum Gasteiger partial charge on any atom is 0.232 e. The predicted molar refractivity (Wildman–Crippen MR) is 72.8 cm³/mol. The average molecular weight is 255 g/mol. The predicted octanol–water partition coefficient (Wildman–Crippen LogP) is 3.35. The average Bonchev–Trinajstić information content (AvgIpc) is 2.26. The van der Waals surface area contributed by atoms with Crippen molar-refractivity contribution in [2.75, 3.05) is 10.5 Å². The van der Waals surface area contributed by atoms with E-state index in [4.69, 9.17) is 0 Å². The Bertz CT molecular complexity index is 435. The molecule has 96 valence electrons. The van der Waals surface area contributed by atoms with Gasteiger partial charge in [0.05, 0.1) is 5.75 Å². The molecule has 17 heavy (non-hydrogen) atoms. The first-order valence-electron chi connectivity index (χ1n) is 6.05. The Morgan fingerprint density at radius 1 is 1.18 bits per heavy atom. The minimum atomic E-state index is -3.18. The minimum Gasteiger partial charge on any atom is -0.284 e. The van der Waals surface area contributed by atoms with Crippen LogP contribution in [0.2, 0.25) is 0 Å². The Morgan fingerprint density at radius 2 is 1.76 bits per heavy atom. The standard InChI is InChI=1S/C13H21NO2S/c1-4-5-10-17(15,16)14-13-8-6-12(7-9-13)11(2)3/h6-9,11,14H,4-5,10H2,1-3H3. The van der Waals surface area contributed by atoms with Crippen molar-refractivity contribution in [1.29, 1.82) is 0 Å². The van der Waals surface area contributed by atoms with Crippen LogP contribution in [0.25, 0.3) is 0 Å². The highest BCUT2D eigenvalue weighted by Gasteiger charge is 2.09. The largest absolute Gasteiger partial charge is 0.284 e. The van der Waals surface area contributed by atoms with E-state index in [-0.39, 0.29) is 5.75 Å². The molecule has 0 unspecified atom stereocenters. The van der Waals surface area contributed by atoms with Crippen LogP contribution in [0.1, 0.15) is 45.1 Å². The molecule has 0 aliphatic carbocycles. The third kappa shape index (κ3) is 4.77. The highest BCUT2D eigenvalue weighted by atomic mass is 32.2. The fourth-order valence-electron chi connectivity index (χ4n) is 1.50. The summed E-state index contributed by atoms with van der Waals surface area (Å²) >= 11 is 0. The number of unbranched alkanes of at least 4 members (excludes halogenated alkanes) is 1. The molecule has 4 heteroatoms. The third-order valence-electron chi connectivity index (χ3n) is 2.62. The van der Waals surface area contributed by atoms with Crippen LogP contribution in [0.15, 0.2) is 24.3 Å². The summed E-state index contributed by atoms with van der Waals surface area (Å²) in [5.74, 6) is 0.649. The topological polar surface area (TPSA) is 46.2 Å². The molecule has 1 rings (SSSR count). The quantitative estimate of drug-likeness (QED) is 0.847. The summed E-state index contributed by atoms with van der Waals surface area (Å²) < 4.78 is 25.9. The number of anilines is 1. The zero-order valence-corrected chi connectivity index (χ0v) is 11.5. The lowest BCUT2D eigenvalue weighted by molar-refractivity contribution is 0.598. The Balaban J connectivity index is 2.69. The first kappa shape index (κ1) is 14.0. The van der Waals surface area contributed by atoms with Gasteiger partial charge < -0.3 is 0 Å². The zero-order chi connectivity index (χ0) is 12.9. The number of hydrogen-bond donors (Lipinski definition) is 1. The van der Waals surface area contributed by atoms with E-state index >= 15 is 0 Å². The molecule has 0 saturated carbocycles.